The predicted molar refractivity (Wildman–Crippen MR) is 76.5 cm³/mol. The van der Waals surface area contributed by atoms with Gasteiger partial charge in [0.15, 0.2) is 0 Å². The molecular formula is C15H24N2O2. The number of benzene rings is 1. The highest BCUT2D eigenvalue weighted by molar-refractivity contribution is 5.33. The Morgan fingerprint density at radius 2 is 2.26 bits per heavy atom. The van der Waals surface area contributed by atoms with Crippen molar-refractivity contribution in [3.8, 4) is 5.75 Å². The lowest BCUT2D eigenvalue weighted by atomic mass is 10.1. The van der Waals surface area contributed by atoms with E-state index in [9.17, 15) is 0 Å². The Morgan fingerprint density at radius 3 is 3.05 bits per heavy atom. The summed E-state index contributed by atoms with van der Waals surface area (Å²) in [6.07, 6.45) is 1.02. The summed E-state index contributed by atoms with van der Waals surface area (Å²) < 4.78 is 11.7. The number of hydrogen-bond acceptors (Lipinski definition) is 4. The van der Waals surface area contributed by atoms with Gasteiger partial charge in [-0.15, -0.1) is 0 Å². The van der Waals surface area contributed by atoms with Gasteiger partial charge in [0.05, 0.1) is 6.61 Å². The van der Waals surface area contributed by atoms with Gasteiger partial charge in [0.25, 0.3) is 0 Å². The maximum Gasteiger partial charge on any atom is 0.122 e. The van der Waals surface area contributed by atoms with Gasteiger partial charge in [-0.1, -0.05) is 25.1 Å². The molecule has 1 heterocycles. The molecule has 2 N–H and O–H groups in total. The first kappa shape index (κ1) is 14.3. The van der Waals surface area contributed by atoms with Crippen LogP contribution in [0.5, 0.6) is 5.75 Å². The molecule has 0 amide bonds. The quantitative estimate of drug-likeness (QED) is 0.841. The van der Waals surface area contributed by atoms with Crippen LogP contribution in [0.3, 0.4) is 0 Å². The number of likely N-dealkylation sites (N-methyl/N-ethyl adjacent to an activating group) is 1. The van der Waals surface area contributed by atoms with E-state index in [1.165, 1.54) is 5.56 Å². The van der Waals surface area contributed by atoms with Crippen LogP contribution in [-0.2, 0) is 11.2 Å². The van der Waals surface area contributed by atoms with E-state index in [0.29, 0.717) is 13.2 Å². The molecule has 0 bridgehead atoms. The van der Waals surface area contributed by atoms with Crippen LogP contribution >= 0.6 is 0 Å². The van der Waals surface area contributed by atoms with Crippen LogP contribution < -0.4 is 10.5 Å². The zero-order chi connectivity index (χ0) is 13.5. The number of nitrogens with two attached hydrogens (primary N) is 1. The molecule has 1 saturated heterocycles. The Kier molecular flexibility index (Phi) is 5.63. The number of hydrogen-bond donors (Lipinski definition) is 1. The van der Waals surface area contributed by atoms with E-state index in [1.54, 1.807) is 0 Å². The van der Waals surface area contributed by atoms with Crippen LogP contribution in [-0.4, -0.2) is 50.4 Å². The van der Waals surface area contributed by atoms with E-state index in [2.05, 4.69) is 17.9 Å². The van der Waals surface area contributed by atoms with Gasteiger partial charge < -0.3 is 15.2 Å². The van der Waals surface area contributed by atoms with Crippen LogP contribution in [0.4, 0.5) is 0 Å². The fourth-order valence-corrected chi connectivity index (χ4v) is 2.36. The first-order valence-corrected chi connectivity index (χ1v) is 7.08. The summed E-state index contributed by atoms with van der Waals surface area (Å²) in [5.74, 6) is 0.935. The fourth-order valence-electron chi connectivity index (χ4n) is 2.36. The third kappa shape index (κ3) is 4.20. The van der Waals surface area contributed by atoms with Crippen LogP contribution in [0.25, 0.3) is 0 Å². The molecular weight excluding hydrogens is 240 g/mol. The van der Waals surface area contributed by atoms with Crippen LogP contribution in [0.15, 0.2) is 24.3 Å². The van der Waals surface area contributed by atoms with E-state index < -0.39 is 0 Å². The van der Waals surface area contributed by atoms with Crippen molar-refractivity contribution in [3.05, 3.63) is 29.8 Å². The van der Waals surface area contributed by atoms with Crippen molar-refractivity contribution in [2.45, 2.75) is 19.4 Å². The second kappa shape index (κ2) is 7.48. The van der Waals surface area contributed by atoms with Crippen molar-refractivity contribution in [1.29, 1.82) is 0 Å². The van der Waals surface area contributed by atoms with E-state index in [1.807, 2.05) is 18.2 Å². The topological polar surface area (TPSA) is 47.7 Å². The average Bonchev–Trinajstić information content (AvgIpc) is 2.47. The molecule has 1 aliphatic heterocycles. The van der Waals surface area contributed by atoms with Gasteiger partial charge >= 0.3 is 0 Å². The Labute approximate surface area is 115 Å². The van der Waals surface area contributed by atoms with E-state index in [4.69, 9.17) is 15.2 Å². The molecule has 1 fully saturated rings. The molecule has 0 radical (unpaired) electrons. The van der Waals surface area contributed by atoms with Gasteiger partial charge in [0.2, 0.25) is 0 Å². The Bertz CT molecular complexity index is 384. The highest BCUT2D eigenvalue weighted by atomic mass is 16.5. The molecule has 0 aromatic heterocycles. The Hall–Kier alpha value is -1.10. The summed E-state index contributed by atoms with van der Waals surface area (Å²) in [6.45, 7) is 7.28. The molecule has 0 aliphatic carbocycles. The number of morpholine rings is 1. The maximum absolute atomic E-state index is 5.91. The molecule has 19 heavy (non-hydrogen) atoms. The second-order valence-electron chi connectivity index (χ2n) is 4.84. The average molecular weight is 264 g/mol. The summed E-state index contributed by atoms with van der Waals surface area (Å²) in [5, 5.41) is 0. The predicted octanol–water partition coefficient (Wildman–Crippen LogP) is 1.29. The molecule has 1 aromatic rings. The van der Waals surface area contributed by atoms with Gasteiger partial charge in [0.1, 0.15) is 18.5 Å². The number of ether oxygens (including phenoxy) is 2. The first-order valence-electron chi connectivity index (χ1n) is 7.08. The lowest BCUT2D eigenvalue weighted by molar-refractivity contribution is -0.0465. The summed E-state index contributed by atoms with van der Waals surface area (Å²) in [6, 6.07) is 8.09. The highest BCUT2D eigenvalue weighted by Crippen LogP contribution is 2.19. The van der Waals surface area contributed by atoms with Gasteiger partial charge in [-0.2, -0.15) is 0 Å². The number of para-hydroxylation sites is 1. The zero-order valence-corrected chi connectivity index (χ0v) is 11.7. The summed E-state index contributed by atoms with van der Waals surface area (Å²) in [7, 11) is 0. The summed E-state index contributed by atoms with van der Waals surface area (Å²) in [5.41, 5.74) is 6.79. The minimum Gasteiger partial charge on any atom is -0.491 e. The van der Waals surface area contributed by atoms with Gasteiger partial charge in [-0.25, -0.2) is 0 Å². The molecule has 4 nitrogen and oxygen atoms in total. The number of nitrogens with zero attached hydrogens (tertiary/aromatic N) is 1. The molecule has 1 unspecified atom stereocenters. The molecule has 2 rings (SSSR count). The van der Waals surface area contributed by atoms with E-state index >= 15 is 0 Å². The largest absolute Gasteiger partial charge is 0.491 e. The minimum absolute atomic E-state index is 0.166. The van der Waals surface area contributed by atoms with Crippen molar-refractivity contribution in [3.63, 3.8) is 0 Å². The molecule has 1 aromatic carbocycles. The molecule has 1 aliphatic rings. The minimum atomic E-state index is 0.166. The van der Waals surface area contributed by atoms with Gasteiger partial charge in [-0.3, -0.25) is 4.90 Å². The van der Waals surface area contributed by atoms with E-state index in [-0.39, 0.29) is 6.10 Å². The summed E-state index contributed by atoms with van der Waals surface area (Å²) in [4.78, 5) is 2.39. The smallest absolute Gasteiger partial charge is 0.122 e. The third-order valence-corrected chi connectivity index (χ3v) is 3.48. The van der Waals surface area contributed by atoms with Crippen molar-refractivity contribution in [2.24, 2.45) is 5.73 Å². The maximum atomic E-state index is 5.91. The standard InChI is InChI=1S/C15H24N2O2/c1-2-17-9-10-18-14(11-17)12-19-15-6-4-3-5-13(15)7-8-16/h3-6,14H,2,7-12,16H2,1H3. The fraction of sp³-hybridized carbons (Fsp3) is 0.600. The van der Waals surface area contributed by atoms with Gasteiger partial charge in [0, 0.05) is 13.1 Å². The van der Waals surface area contributed by atoms with Crippen molar-refractivity contribution < 1.29 is 9.47 Å². The van der Waals surface area contributed by atoms with E-state index in [0.717, 1.165) is 38.4 Å². The first-order chi connectivity index (χ1) is 9.33. The van der Waals surface area contributed by atoms with Crippen LogP contribution in [0.2, 0.25) is 0 Å². The van der Waals surface area contributed by atoms with Crippen molar-refractivity contribution >= 4 is 0 Å². The lowest BCUT2D eigenvalue weighted by Gasteiger charge is -2.32. The zero-order valence-electron chi connectivity index (χ0n) is 11.7. The lowest BCUT2D eigenvalue weighted by Crippen LogP contribution is -2.44. The Morgan fingerprint density at radius 1 is 1.42 bits per heavy atom. The van der Waals surface area contributed by atoms with Crippen molar-refractivity contribution in [2.75, 3.05) is 39.4 Å². The molecule has 0 saturated carbocycles. The van der Waals surface area contributed by atoms with Crippen LogP contribution in [0.1, 0.15) is 12.5 Å². The summed E-state index contributed by atoms with van der Waals surface area (Å²) >= 11 is 0. The normalized spacial score (nSPS) is 20.4. The third-order valence-electron chi connectivity index (χ3n) is 3.48. The van der Waals surface area contributed by atoms with Crippen LogP contribution in [0, 0.1) is 0 Å². The highest BCUT2D eigenvalue weighted by Gasteiger charge is 2.20. The Balaban J connectivity index is 1.87. The molecule has 106 valence electrons. The second-order valence-corrected chi connectivity index (χ2v) is 4.84. The monoisotopic (exact) mass is 264 g/mol. The SMILES string of the molecule is CCN1CCOC(COc2ccccc2CCN)C1. The van der Waals surface area contributed by atoms with Gasteiger partial charge in [-0.05, 0) is 31.1 Å². The number of rotatable bonds is 6. The molecule has 1 atom stereocenters. The molecule has 4 heteroatoms. The van der Waals surface area contributed by atoms with Crippen molar-refractivity contribution in [1.82, 2.24) is 4.90 Å². The molecule has 0 spiro atoms.